The summed E-state index contributed by atoms with van der Waals surface area (Å²) < 4.78 is 9.88. The normalized spacial score (nSPS) is 11.5. The molecule has 0 aliphatic carbocycles. The van der Waals surface area contributed by atoms with Crippen molar-refractivity contribution < 1.29 is 19.1 Å². The first-order chi connectivity index (χ1) is 11.5. The van der Waals surface area contributed by atoms with E-state index in [0.717, 1.165) is 10.4 Å². The van der Waals surface area contributed by atoms with Gasteiger partial charge in [0, 0.05) is 11.4 Å². The number of nitrogens with one attached hydrogen (secondary N) is 2. The van der Waals surface area contributed by atoms with E-state index in [9.17, 15) is 9.59 Å². The highest BCUT2D eigenvalue weighted by molar-refractivity contribution is 7.10. The number of urea groups is 1. The molecule has 0 saturated carbocycles. The zero-order chi connectivity index (χ0) is 17.5. The highest BCUT2D eigenvalue weighted by Crippen LogP contribution is 2.21. The Bertz CT molecular complexity index is 701. The summed E-state index contributed by atoms with van der Waals surface area (Å²) in [4.78, 5) is 24.8. The number of amides is 2. The van der Waals surface area contributed by atoms with Gasteiger partial charge in [0.25, 0.3) is 0 Å². The summed E-state index contributed by atoms with van der Waals surface area (Å²) in [5, 5.41) is 7.61. The minimum Gasteiger partial charge on any atom is -0.496 e. The largest absolute Gasteiger partial charge is 0.496 e. The smallest absolute Gasteiger partial charge is 0.341 e. The molecule has 0 unspecified atom stereocenters. The molecule has 2 amide bonds. The molecular weight excluding hydrogens is 328 g/mol. The minimum atomic E-state index is -0.482. The van der Waals surface area contributed by atoms with Crippen LogP contribution in [0, 0.1) is 0 Å². The predicted octanol–water partition coefficient (Wildman–Crippen LogP) is 3.10. The van der Waals surface area contributed by atoms with Crippen molar-refractivity contribution in [2.24, 2.45) is 0 Å². The fourth-order valence-corrected chi connectivity index (χ4v) is 2.91. The maximum Gasteiger partial charge on any atom is 0.341 e. The molecule has 2 N–H and O–H groups in total. The summed E-state index contributed by atoms with van der Waals surface area (Å²) >= 11 is 1.59. The maximum absolute atomic E-state index is 12.0. The van der Waals surface area contributed by atoms with Crippen molar-refractivity contribution in [1.82, 2.24) is 10.6 Å². The van der Waals surface area contributed by atoms with Crippen LogP contribution in [-0.4, -0.2) is 26.2 Å². The van der Waals surface area contributed by atoms with E-state index in [1.54, 1.807) is 29.5 Å². The van der Waals surface area contributed by atoms with Crippen LogP contribution in [0.2, 0.25) is 0 Å². The summed E-state index contributed by atoms with van der Waals surface area (Å²) in [5.74, 6) is -0.0501. The molecule has 1 aromatic carbocycles. The van der Waals surface area contributed by atoms with Gasteiger partial charge in [-0.25, -0.2) is 9.59 Å². The van der Waals surface area contributed by atoms with Crippen molar-refractivity contribution in [1.29, 1.82) is 0 Å². The molecule has 0 aliphatic rings. The van der Waals surface area contributed by atoms with Gasteiger partial charge in [-0.2, -0.15) is 0 Å². The van der Waals surface area contributed by atoms with Crippen LogP contribution in [0.4, 0.5) is 4.79 Å². The van der Waals surface area contributed by atoms with Gasteiger partial charge in [0.05, 0.1) is 20.3 Å². The van der Waals surface area contributed by atoms with Crippen molar-refractivity contribution in [3.63, 3.8) is 0 Å². The average Bonchev–Trinajstić information content (AvgIpc) is 3.13. The van der Waals surface area contributed by atoms with E-state index < -0.39 is 5.97 Å². The molecule has 2 aromatic rings. The number of rotatable bonds is 6. The second-order valence-electron chi connectivity index (χ2n) is 5.09. The Hall–Kier alpha value is -2.54. The highest BCUT2D eigenvalue weighted by Gasteiger charge is 2.14. The van der Waals surface area contributed by atoms with Crippen LogP contribution in [0.1, 0.15) is 33.8 Å². The quantitative estimate of drug-likeness (QED) is 0.787. The fraction of sp³-hybridized carbons (Fsp3) is 0.294. The molecule has 0 fully saturated rings. The van der Waals surface area contributed by atoms with Crippen LogP contribution in [0.25, 0.3) is 0 Å². The number of carbonyl (C=O) groups is 2. The van der Waals surface area contributed by atoms with E-state index in [1.165, 1.54) is 14.2 Å². The SMILES string of the molecule is COC(=O)c1cc(CNC(=O)N[C@H](C)c2cccs2)ccc1OC. The van der Waals surface area contributed by atoms with E-state index >= 15 is 0 Å². The van der Waals surface area contributed by atoms with E-state index in [-0.39, 0.29) is 18.6 Å². The van der Waals surface area contributed by atoms with Gasteiger partial charge in [-0.15, -0.1) is 11.3 Å². The minimum absolute atomic E-state index is 0.0634. The van der Waals surface area contributed by atoms with Gasteiger partial charge in [-0.1, -0.05) is 12.1 Å². The molecule has 0 saturated heterocycles. The van der Waals surface area contributed by atoms with E-state index in [0.29, 0.717) is 11.3 Å². The molecule has 0 aliphatic heterocycles. The Morgan fingerprint density at radius 2 is 2.04 bits per heavy atom. The molecule has 1 atom stereocenters. The van der Waals surface area contributed by atoms with Gasteiger partial charge < -0.3 is 20.1 Å². The van der Waals surface area contributed by atoms with Gasteiger partial charge in [0.1, 0.15) is 11.3 Å². The van der Waals surface area contributed by atoms with Crippen LogP contribution in [0.15, 0.2) is 35.7 Å². The molecule has 0 spiro atoms. The average molecular weight is 348 g/mol. The highest BCUT2D eigenvalue weighted by atomic mass is 32.1. The van der Waals surface area contributed by atoms with Gasteiger partial charge in [-0.05, 0) is 36.1 Å². The molecule has 1 heterocycles. The summed E-state index contributed by atoms with van der Waals surface area (Å²) in [7, 11) is 2.80. The molecule has 0 radical (unpaired) electrons. The van der Waals surface area contributed by atoms with Crippen molar-refractivity contribution in [3.05, 3.63) is 51.7 Å². The lowest BCUT2D eigenvalue weighted by Gasteiger charge is -2.14. The summed E-state index contributed by atoms with van der Waals surface area (Å²) in [6, 6.07) is 8.69. The molecule has 1 aromatic heterocycles. The van der Waals surface area contributed by atoms with Gasteiger partial charge in [0.2, 0.25) is 0 Å². The second kappa shape index (κ2) is 8.35. The first-order valence-electron chi connectivity index (χ1n) is 7.38. The monoisotopic (exact) mass is 348 g/mol. The van der Waals surface area contributed by atoms with Crippen LogP contribution in [0.3, 0.4) is 0 Å². The third-order valence-electron chi connectivity index (χ3n) is 3.44. The Labute approximate surface area is 144 Å². The van der Waals surface area contributed by atoms with E-state index in [2.05, 4.69) is 10.6 Å². The predicted molar refractivity (Wildman–Crippen MR) is 92.4 cm³/mol. The molecule has 2 rings (SSSR count). The van der Waals surface area contributed by atoms with Crippen LogP contribution < -0.4 is 15.4 Å². The lowest BCUT2D eigenvalue weighted by molar-refractivity contribution is 0.0597. The topological polar surface area (TPSA) is 76.7 Å². The Morgan fingerprint density at radius 1 is 1.25 bits per heavy atom. The molecule has 24 heavy (non-hydrogen) atoms. The number of hydrogen-bond donors (Lipinski definition) is 2. The summed E-state index contributed by atoms with van der Waals surface area (Å²) in [6.45, 7) is 2.21. The number of thiophene rings is 1. The summed E-state index contributed by atoms with van der Waals surface area (Å²) in [5.41, 5.74) is 1.10. The number of ether oxygens (including phenoxy) is 2. The van der Waals surface area contributed by atoms with Crippen molar-refractivity contribution >= 4 is 23.3 Å². The lowest BCUT2D eigenvalue weighted by atomic mass is 10.1. The number of methoxy groups -OCH3 is 2. The van der Waals surface area contributed by atoms with Crippen LogP contribution in [0.5, 0.6) is 5.75 Å². The molecule has 7 heteroatoms. The van der Waals surface area contributed by atoms with Crippen molar-refractivity contribution in [3.8, 4) is 5.75 Å². The number of hydrogen-bond acceptors (Lipinski definition) is 5. The van der Waals surface area contributed by atoms with E-state index in [1.807, 2.05) is 24.4 Å². The number of benzene rings is 1. The van der Waals surface area contributed by atoms with Crippen LogP contribution >= 0.6 is 11.3 Å². The van der Waals surface area contributed by atoms with Gasteiger partial charge >= 0.3 is 12.0 Å². The number of carbonyl (C=O) groups excluding carboxylic acids is 2. The third kappa shape index (κ3) is 4.48. The zero-order valence-electron chi connectivity index (χ0n) is 13.8. The van der Waals surface area contributed by atoms with Crippen molar-refractivity contribution in [2.75, 3.05) is 14.2 Å². The molecular formula is C17H20N2O4S. The fourth-order valence-electron chi connectivity index (χ4n) is 2.17. The van der Waals surface area contributed by atoms with Crippen LogP contribution in [-0.2, 0) is 11.3 Å². The Morgan fingerprint density at radius 3 is 2.67 bits per heavy atom. The molecule has 128 valence electrons. The number of esters is 1. The zero-order valence-corrected chi connectivity index (χ0v) is 14.6. The summed E-state index contributed by atoms with van der Waals surface area (Å²) in [6.07, 6.45) is 0. The maximum atomic E-state index is 12.0. The first kappa shape index (κ1) is 17.8. The van der Waals surface area contributed by atoms with Crippen molar-refractivity contribution in [2.45, 2.75) is 19.5 Å². The van der Waals surface area contributed by atoms with Gasteiger partial charge in [-0.3, -0.25) is 0 Å². The lowest BCUT2D eigenvalue weighted by Crippen LogP contribution is -2.36. The molecule has 6 nitrogen and oxygen atoms in total. The first-order valence-corrected chi connectivity index (χ1v) is 8.26. The molecule has 0 bridgehead atoms. The third-order valence-corrected chi connectivity index (χ3v) is 4.49. The Kier molecular flexibility index (Phi) is 6.20. The van der Waals surface area contributed by atoms with E-state index in [4.69, 9.17) is 9.47 Å². The Balaban J connectivity index is 1.96. The second-order valence-corrected chi connectivity index (χ2v) is 6.07. The standard InChI is InChI=1S/C17H20N2O4S/c1-11(15-5-4-8-24-15)19-17(21)18-10-12-6-7-14(22-2)13(9-12)16(20)23-3/h4-9,11H,10H2,1-3H3,(H2,18,19,21)/t11-/m1/s1. The van der Waals surface area contributed by atoms with Gasteiger partial charge in [0.15, 0.2) is 0 Å².